The highest BCUT2D eigenvalue weighted by molar-refractivity contribution is 5.40. The Morgan fingerprint density at radius 1 is 0.704 bits per heavy atom. The fourth-order valence-electron chi connectivity index (χ4n) is 3.29. The van der Waals surface area contributed by atoms with Gasteiger partial charge >= 0.3 is 6.18 Å². The first kappa shape index (κ1) is 19.0. The number of hydrogen-bond donors (Lipinski definition) is 0. The zero-order chi connectivity index (χ0) is 19.4. The Morgan fingerprint density at radius 3 is 1.74 bits per heavy atom. The first-order chi connectivity index (χ1) is 12.9. The molecule has 3 aromatic carbocycles. The van der Waals surface area contributed by atoms with Crippen LogP contribution in [0.1, 0.15) is 28.5 Å². The highest BCUT2D eigenvalue weighted by atomic mass is 19.4. The molecular formula is C22H18F4O. The van der Waals surface area contributed by atoms with Gasteiger partial charge in [0.1, 0.15) is 11.6 Å². The van der Waals surface area contributed by atoms with Gasteiger partial charge in [0, 0.05) is 5.92 Å². The molecule has 2 unspecified atom stereocenters. The van der Waals surface area contributed by atoms with Gasteiger partial charge in [0.2, 0.25) is 0 Å². The molecule has 140 valence electrons. The van der Waals surface area contributed by atoms with Gasteiger partial charge in [-0.05, 0) is 41.0 Å². The molecule has 0 N–H and O–H groups in total. The number of benzene rings is 3. The van der Waals surface area contributed by atoms with E-state index in [9.17, 15) is 17.6 Å². The molecule has 0 radical (unpaired) electrons. The second-order valence-electron chi connectivity index (χ2n) is 6.23. The van der Waals surface area contributed by atoms with Gasteiger partial charge in [-0.3, -0.25) is 0 Å². The molecule has 0 aliphatic heterocycles. The van der Waals surface area contributed by atoms with E-state index in [-0.39, 0.29) is 5.56 Å². The van der Waals surface area contributed by atoms with Gasteiger partial charge in [-0.2, -0.15) is 13.2 Å². The lowest BCUT2D eigenvalue weighted by Gasteiger charge is -2.30. The molecule has 0 saturated heterocycles. The third kappa shape index (κ3) is 4.30. The van der Waals surface area contributed by atoms with Crippen LogP contribution in [0, 0.1) is 5.82 Å². The van der Waals surface area contributed by atoms with E-state index in [4.69, 9.17) is 4.74 Å². The Hall–Kier alpha value is -2.82. The summed E-state index contributed by atoms with van der Waals surface area (Å²) in [4.78, 5) is 0. The Bertz CT molecular complexity index is 856. The molecule has 0 aliphatic carbocycles. The molecule has 0 bridgehead atoms. The van der Waals surface area contributed by atoms with Crippen LogP contribution in [0.15, 0.2) is 78.9 Å². The molecule has 0 fully saturated rings. The number of rotatable bonds is 5. The summed E-state index contributed by atoms with van der Waals surface area (Å²) in [7, 11) is 1.46. The molecule has 0 heterocycles. The predicted molar refractivity (Wildman–Crippen MR) is 96.5 cm³/mol. The zero-order valence-electron chi connectivity index (χ0n) is 14.6. The van der Waals surface area contributed by atoms with Gasteiger partial charge in [0.15, 0.2) is 0 Å². The molecule has 5 heteroatoms. The molecule has 3 aromatic rings. The normalized spacial score (nSPS) is 13.8. The molecule has 0 amide bonds. The Labute approximate surface area is 155 Å². The van der Waals surface area contributed by atoms with Crippen LogP contribution in [0.5, 0.6) is 5.75 Å². The summed E-state index contributed by atoms with van der Waals surface area (Å²) < 4.78 is 61.0. The Morgan fingerprint density at radius 2 is 1.22 bits per heavy atom. The van der Waals surface area contributed by atoms with Crippen molar-refractivity contribution in [2.24, 2.45) is 0 Å². The van der Waals surface area contributed by atoms with Gasteiger partial charge in [0.05, 0.1) is 13.0 Å². The number of ether oxygens (including phenoxy) is 1. The van der Waals surface area contributed by atoms with E-state index in [0.717, 1.165) is 0 Å². The van der Waals surface area contributed by atoms with Crippen LogP contribution in [0.25, 0.3) is 0 Å². The maximum absolute atomic E-state index is 14.2. The molecule has 0 aromatic heterocycles. The van der Waals surface area contributed by atoms with E-state index in [1.165, 1.54) is 55.6 Å². The number of alkyl halides is 3. The lowest BCUT2D eigenvalue weighted by Crippen LogP contribution is -2.28. The molecule has 0 spiro atoms. The summed E-state index contributed by atoms with van der Waals surface area (Å²) >= 11 is 0. The topological polar surface area (TPSA) is 9.23 Å². The second-order valence-corrected chi connectivity index (χ2v) is 6.23. The van der Waals surface area contributed by atoms with Crippen molar-refractivity contribution in [2.45, 2.75) is 18.0 Å². The van der Waals surface area contributed by atoms with Crippen molar-refractivity contribution >= 4 is 0 Å². The third-order valence-electron chi connectivity index (χ3n) is 4.55. The van der Waals surface area contributed by atoms with Crippen LogP contribution in [-0.2, 0) is 0 Å². The van der Waals surface area contributed by atoms with Gasteiger partial charge in [-0.1, -0.05) is 54.6 Å². The summed E-state index contributed by atoms with van der Waals surface area (Å²) in [5.74, 6) is -2.78. The molecule has 0 aliphatic rings. The monoisotopic (exact) mass is 374 g/mol. The molecule has 1 nitrogen and oxygen atoms in total. The average Bonchev–Trinajstić information content (AvgIpc) is 2.67. The van der Waals surface area contributed by atoms with E-state index >= 15 is 0 Å². The van der Waals surface area contributed by atoms with E-state index in [0.29, 0.717) is 16.9 Å². The maximum atomic E-state index is 14.2. The van der Waals surface area contributed by atoms with Crippen molar-refractivity contribution in [2.75, 3.05) is 7.11 Å². The highest BCUT2D eigenvalue weighted by Gasteiger charge is 2.46. The molecule has 3 rings (SSSR count). The molecule has 2 atom stereocenters. The van der Waals surface area contributed by atoms with Crippen molar-refractivity contribution in [3.05, 3.63) is 101 Å². The van der Waals surface area contributed by atoms with Crippen LogP contribution >= 0.6 is 0 Å². The van der Waals surface area contributed by atoms with Crippen molar-refractivity contribution in [3.63, 3.8) is 0 Å². The standard InChI is InChI=1S/C22H18F4O/c1-27-19-13-9-17(10-14-19)21(22(24,25)26)20(15-5-3-2-4-6-15)16-7-11-18(23)12-8-16/h2-14,20-21H,1H3. The minimum Gasteiger partial charge on any atom is -0.497 e. The number of methoxy groups -OCH3 is 1. The van der Waals surface area contributed by atoms with Crippen LogP contribution in [0.4, 0.5) is 17.6 Å². The van der Waals surface area contributed by atoms with E-state index in [2.05, 4.69) is 0 Å². The van der Waals surface area contributed by atoms with Crippen LogP contribution in [0.3, 0.4) is 0 Å². The fraction of sp³-hybridized carbons (Fsp3) is 0.182. The van der Waals surface area contributed by atoms with Crippen molar-refractivity contribution in [1.29, 1.82) is 0 Å². The summed E-state index contributed by atoms with van der Waals surface area (Å²) in [5, 5.41) is 0. The van der Waals surface area contributed by atoms with Crippen molar-refractivity contribution < 1.29 is 22.3 Å². The van der Waals surface area contributed by atoms with Gasteiger partial charge < -0.3 is 4.74 Å². The first-order valence-electron chi connectivity index (χ1n) is 8.41. The van der Waals surface area contributed by atoms with E-state index in [1.807, 2.05) is 0 Å². The SMILES string of the molecule is COc1ccc(C(C(c2ccccc2)c2ccc(F)cc2)C(F)(F)F)cc1. The van der Waals surface area contributed by atoms with Crippen molar-refractivity contribution in [1.82, 2.24) is 0 Å². The summed E-state index contributed by atoms with van der Waals surface area (Å²) in [6.07, 6.45) is -4.50. The predicted octanol–water partition coefficient (Wildman–Crippen LogP) is 6.31. The summed E-state index contributed by atoms with van der Waals surface area (Å²) in [6, 6.07) is 19.6. The van der Waals surface area contributed by atoms with Gasteiger partial charge in [-0.15, -0.1) is 0 Å². The fourth-order valence-corrected chi connectivity index (χ4v) is 3.29. The maximum Gasteiger partial charge on any atom is 0.396 e. The van der Waals surface area contributed by atoms with Crippen LogP contribution < -0.4 is 4.74 Å². The average molecular weight is 374 g/mol. The third-order valence-corrected chi connectivity index (χ3v) is 4.55. The van der Waals surface area contributed by atoms with Crippen molar-refractivity contribution in [3.8, 4) is 5.75 Å². The lowest BCUT2D eigenvalue weighted by atomic mass is 9.76. The molecule has 0 saturated carbocycles. The van der Waals surface area contributed by atoms with E-state index < -0.39 is 23.8 Å². The number of halogens is 4. The first-order valence-corrected chi connectivity index (χ1v) is 8.41. The van der Waals surface area contributed by atoms with Gasteiger partial charge in [0.25, 0.3) is 0 Å². The van der Waals surface area contributed by atoms with Gasteiger partial charge in [-0.25, -0.2) is 4.39 Å². The minimum atomic E-state index is -4.50. The smallest absolute Gasteiger partial charge is 0.396 e. The zero-order valence-corrected chi connectivity index (χ0v) is 14.6. The second kappa shape index (κ2) is 7.82. The molecular weight excluding hydrogens is 356 g/mol. The molecule has 27 heavy (non-hydrogen) atoms. The Balaban J connectivity index is 2.17. The Kier molecular flexibility index (Phi) is 5.49. The lowest BCUT2D eigenvalue weighted by molar-refractivity contribution is -0.153. The quantitative estimate of drug-likeness (QED) is 0.475. The minimum absolute atomic E-state index is 0.126. The summed E-state index contributed by atoms with van der Waals surface area (Å²) in [6.45, 7) is 0. The number of hydrogen-bond acceptors (Lipinski definition) is 1. The van der Waals surface area contributed by atoms with E-state index in [1.54, 1.807) is 30.3 Å². The largest absolute Gasteiger partial charge is 0.497 e. The van der Waals surface area contributed by atoms with Crippen LogP contribution in [-0.4, -0.2) is 13.3 Å². The van der Waals surface area contributed by atoms with Crippen LogP contribution in [0.2, 0.25) is 0 Å². The summed E-state index contributed by atoms with van der Waals surface area (Å²) in [5.41, 5.74) is 1.05. The highest BCUT2D eigenvalue weighted by Crippen LogP contribution is 2.48.